The van der Waals surface area contributed by atoms with Crippen LogP contribution < -0.4 is 0 Å². The lowest BCUT2D eigenvalue weighted by atomic mass is 9.86. The second-order valence-electron chi connectivity index (χ2n) is 5.08. The quantitative estimate of drug-likeness (QED) is 0.777. The molecule has 0 unspecified atom stereocenters. The number of halogens is 1. The average molecular weight is 353 g/mol. The van der Waals surface area contributed by atoms with Crippen molar-refractivity contribution in [2.75, 3.05) is 0 Å². The molecule has 0 saturated carbocycles. The lowest BCUT2D eigenvalue weighted by molar-refractivity contribution is -0.114. The number of carbonyl (C=O) groups is 2. The van der Waals surface area contributed by atoms with E-state index < -0.39 is 0 Å². The minimum atomic E-state index is -0.113. The zero-order chi connectivity index (χ0) is 15.5. The van der Waals surface area contributed by atoms with Gasteiger partial charge in [-0.2, -0.15) is 0 Å². The molecule has 0 atom stereocenters. The largest absolute Gasteiger partial charge is 0.290 e. The van der Waals surface area contributed by atoms with Gasteiger partial charge in [0.25, 0.3) is 0 Å². The lowest BCUT2D eigenvalue weighted by Gasteiger charge is -2.15. The summed E-state index contributed by atoms with van der Waals surface area (Å²) in [5.41, 5.74) is 2.86. The van der Waals surface area contributed by atoms with E-state index in [9.17, 15) is 9.59 Å². The first-order valence-electron chi connectivity index (χ1n) is 6.95. The third kappa shape index (κ3) is 3.00. The van der Waals surface area contributed by atoms with E-state index in [2.05, 4.69) is 15.9 Å². The van der Waals surface area contributed by atoms with Crippen molar-refractivity contribution in [3.8, 4) is 0 Å². The number of benzene rings is 2. The summed E-state index contributed by atoms with van der Waals surface area (Å²) in [4.78, 5) is 24.6. The minimum absolute atomic E-state index is 0.0960. The number of rotatable bonds is 3. The fourth-order valence-electron chi connectivity index (χ4n) is 2.51. The van der Waals surface area contributed by atoms with Crippen molar-refractivity contribution in [2.45, 2.75) is 6.42 Å². The van der Waals surface area contributed by atoms with Crippen molar-refractivity contribution < 1.29 is 9.59 Å². The second-order valence-corrected chi connectivity index (χ2v) is 6.00. The summed E-state index contributed by atoms with van der Waals surface area (Å²) in [6.45, 7) is 0. The average Bonchev–Trinajstić information content (AvgIpc) is 2.54. The molecule has 22 heavy (non-hydrogen) atoms. The van der Waals surface area contributed by atoms with Gasteiger partial charge in [-0.25, -0.2) is 0 Å². The molecule has 0 saturated heterocycles. The van der Waals surface area contributed by atoms with Crippen LogP contribution in [0.2, 0.25) is 0 Å². The fraction of sp³-hybridized carbons (Fsp3) is 0.0526. The summed E-state index contributed by atoms with van der Waals surface area (Å²) in [5.74, 6) is -0.209. The molecule has 0 spiro atoms. The molecule has 1 aliphatic rings. The molecule has 2 aromatic rings. The summed E-state index contributed by atoms with van der Waals surface area (Å²) in [6, 6.07) is 17.1. The van der Waals surface area contributed by atoms with Gasteiger partial charge in [-0.05, 0) is 35.4 Å². The van der Waals surface area contributed by atoms with Crippen LogP contribution in [0, 0.1) is 0 Å². The lowest BCUT2D eigenvalue weighted by Crippen LogP contribution is -2.15. The van der Waals surface area contributed by atoms with Crippen molar-refractivity contribution in [1.82, 2.24) is 0 Å². The van der Waals surface area contributed by atoms with E-state index in [1.807, 2.05) is 54.6 Å². The Morgan fingerprint density at radius 1 is 0.773 bits per heavy atom. The van der Waals surface area contributed by atoms with Gasteiger partial charge >= 0.3 is 0 Å². The van der Waals surface area contributed by atoms with Gasteiger partial charge in [0, 0.05) is 22.0 Å². The Bertz CT molecular complexity index is 784. The monoisotopic (exact) mass is 352 g/mol. The van der Waals surface area contributed by atoms with Crippen LogP contribution in [0.15, 0.2) is 76.8 Å². The molecule has 108 valence electrons. The predicted molar refractivity (Wildman–Crippen MR) is 90.4 cm³/mol. The highest BCUT2D eigenvalue weighted by molar-refractivity contribution is 9.10. The van der Waals surface area contributed by atoms with Gasteiger partial charge in [-0.15, -0.1) is 0 Å². The second kappa shape index (κ2) is 6.24. The van der Waals surface area contributed by atoms with Gasteiger partial charge in [-0.3, -0.25) is 9.59 Å². The van der Waals surface area contributed by atoms with Crippen LogP contribution in [0.25, 0.3) is 5.57 Å². The fourth-order valence-corrected chi connectivity index (χ4v) is 2.77. The Labute approximate surface area is 137 Å². The van der Waals surface area contributed by atoms with Crippen molar-refractivity contribution in [3.63, 3.8) is 0 Å². The smallest absolute Gasteiger partial charge is 0.187 e. The van der Waals surface area contributed by atoms with E-state index in [0.717, 1.165) is 15.6 Å². The first kappa shape index (κ1) is 14.7. The maximum atomic E-state index is 12.3. The Kier molecular flexibility index (Phi) is 4.16. The van der Waals surface area contributed by atoms with Crippen LogP contribution in [0.3, 0.4) is 0 Å². The van der Waals surface area contributed by atoms with Crippen LogP contribution in [0.1, 0.15) is 11.1 Å². The van der Waals surface area contributed by atoms with Crippen molar-refractivity contribution in [1.29, 1.82) is 0 Å². The summed E-state index contributed by atoms with van der Waals surface area (Å²) in [5, 5.41) is 0. The van der Waals surface area contributed by atoms with Crippen LogP contribution >= 0.6 is 15.9 Å². The third-order valence-electron chi connectivity index (χ3n) is 3.59. The van der Waals surface area contributed by atoms with Gasteiger partial charge in [0.05, 0.1) is 0 Å². The van der Waals surface area contributed by atoms with Gasteiger partial charge in [0.1, 0.15) is 0 Å². The summed E-state index contributed by atoms with van der Waals surface area (Å²) in [7, 11) is 0. The molecular weight excluding hydrogens is 340 g/mol. The highest BCUT2D eigenvalue weighted by Crippen LogP contribution is 2.27. The first-order valence-corrected chi connectivity index (χ1v) is 7.74. The van der Waals surface area contributed by atoms with E-state index in [-0.39, 0.29) is 11.6 Å². The maximum absolute atomic E-state index is 12.3. The number of hydrogen-bond donors (Lipinski definition) is 0. The molecular formula is C19H13BrO2. The molecule has 0 bridgehead atoms. The Balaban J connectivity index is 2.07. The molecule has 3 rings (SSSR count). The van der Waals surface area contributed by atoms with Gasteiger partial charge in [0.15, 0.2) is 11.6 Å². The molecule has 0 radical (unpaired) electrons. The van der Waals surface area contributed by atoms with E-state index >= 15 is 0 Å². The highest BCUT2D eigenvalue weighted by Gasteiger charge is 2.23. The molecule has 1 aliphatic carbocycles. The number of ketones is 2. The van der Waals surface area contributed by atoms with Crippen molar-refractivity contribution in [2.24, 2.45) is 0 Å². The molecule has 3 heteroatoms. The van der Waals surface area contributed by atoms with E-state index in [1.165, 1.54) is 12.2 Å². The van der Waals surface area contributed by atoms with Crippen LogP contribution in [-0.4, -0.2) is 11.6 Å². The summed E-state index contributed by atoms with van der Waals surface area (Å²) < 4.78 is 0.986. The Morgan fingerprint density at radius 3 is 2.09 bits per heavy atom. The molecule has 2 nitrogen and oxygen atoms in total. The zero-order valence-corrected chi connectivity index (χ0v) is 13.3. The van der Waals surface area contributed by atoms with E-state index in [0.29, 0.717) is 17.6 Å². The topological polar surface area (TPSA) is 34.1 Å². The summed E-state index contributed by atoms with van der Waals surface area (Å²) in [6.07, 6.45) is 3.17. The molecule has 2 aromatic carbocycles. The summed E-state index contributed by atoms with van der Waals surface area (Å²) >= 11 is 3.40. The third-order valence-corrected chi connectivity index (χ3v) is 4.12. The predicted octanol–water partition coefficient (Wildman–Crippen LogP) is 4.15. The molecule has 0 amide bonds. The molecule has 0 N–H and O–H groups in total. The SMILES string of the molecule is O=C1C=CC(=O)C(c2ccccc2)=C1Cc1ccc(Br)cc1. The Hall–Kier alpha value is -2.26. The molecule has 0 heterocycles. The van der Waals surface area contributed by atoms with Crippen LogP contribution in [0.5, 0.6) is 0 Å². The van der Waals surface area contributed by atoms with E-state index in [1.54, 1.807) is 0 Å². The van der Waals surface area contributed by atoms with Crippen LogP contribution in [-0.2, 0) is 16.0 Å². The van der Waals surface area contributed by atoms with Crippen molar-refractivity contribution >= 4 is 33.1 Å². The Morgan fingerprint density at radius 2 is 1.41 bits per heavy atom. The molecule has 0 aliphatic heterocycles. The maximum Gasteiger partial charge on any atom is 0.187 e. The number of hydrogen-bond acceptors (Lipinski definition) is 2. The molecule has 0 aromatic heterocycles. The van der Waals surface area contributed by atoms with Gasteiger partial charge in [0.2, 0.25) is 0 Å². The molecule has 0 fully saturated rings. The minimum Gasteiger partial charge on any atom is -0.290 e. The first-order chi connectivity index (χ1) is 10.6. The zero-order valence-electron chi connectivity index (χ0n) is 11.8. The standard InChI is InChI=1S/C19H13BrO2/c20-15-8-6-13(7-9-15)12-16-17(21)10-11-18(22)19(16)14-4-2-1-3-5-14/h1-11H,12H2. The van der Waals surface area contributed by atoms with Gasteiger partial charge < -0.3 is 0 Å². The number of carbonyl (C=O) groups excluding carboxylic acids is 2. The normalized spacial score (nSPS) is 14.6. The number of allylic oxidation sites excluding steroid dienone is 4. The van der Waals surface area contributed by atoms with Crippen molar-refractivity contribution in [3.05, 3.63) is 87.9 Å². The highest BCUT2D eigenvalue weighted by atomic mass is 79.9. The van der Waals surface area contributed by atoms with E-state index in [4.69, 9.17) is 0 Å². The van der Waals surface area contributed by atoms with Gasteiger partial charge in [-0.1, -0.05) is 58.4 Å². The van der Waals surface area contributed by atoms with Crippen LogP contribution in [0.4, 0.5) is 0 Å².